The second-order valence-electron chi connectivity index (χ2n) is 3.67. The van der Waals surface area contributed by atoms with E-state index in [4.69, 9.17) is 9.47 Å². The predicted molar refractivity (Wildman–Crippen MR) is 72.3 cm³/mol. The van der Waals surface area contributed by atoms with Crippen molar-refractivity contribution in [3.63, 3.8) is 0 Å². The Morgan fingerprint density at radius 3 is 3.00 bits per heavy atom. The summed E-state index contributed by atoms with van der Waals surface area (Å²) in [7, 11) is 3.16. The van der Waals surface area contributed by atoms with Crippen molar-refractivity contribution in [3.05, 3.63) is 24.0 Å². The molecule has 0 aliphatic rings. The number of rotatable bonds is 7. The van der Waals surface area contributed by atoms with Crippen molar-refractivity contribution in [1.82, 2.24) is 10.3 Å². The van der Waals surface area contributed by atoms with Crippen LogP contribution in [0.15, 0.2) is 18.5 Å². The summed E-state index contributed by atoms with van der Waals surface area (Å²) in [5.74, 6) is 0.314. The Hall–Kier alpha value is -1.14. The minimum absolute atomic E-state index is 0.161. The summed E-state index contributed by atoms with van der Waals surface area (Å²) in [6, 6.07) is 1.63. The van der Waals surface area contributed by atoms with Crippen LogP contribution < -0.4 is 10.1 Å². The highest BCUT2D eigenvalue weighted by atomic mass is 79.9. The number of methoxy groups -OCH3 is 2. The molecule has 1 rings (SSSR count). The highest BCUT2D eigenvalue weighted by Crippen LogP contribution is 2.15. The van der Waals surface area contributed by atoms with Crippen molar-refractivity contribution in [1.29, 1.82) is 0 Å². The van der Waals surface area contributed by atoms with Gasteiger partial charge in [-0.1, -0.05) is 15.9 Å². The maximum Gasteiger partial charge on any atom is 0.255 e. The molecule has 0 spiro atoms. The van der Waals surface area contributed by atoms with E-state index in [1.807, 2.05) is 0 Å². The predicted octanol–water partition coefficient (Wildman–Crippen LogP) is 1.62. The zero-order chi connectivity index (χ0) is 13.4. The van der Waals surface area contributed by atoms with E-state index in [-0.39, 0.29) is 10.7 Å². The fraction of sp³-hybridized carbons (Fsp3) is 0.500. The molecule has 0 radical (unpaired) electrons. The van der Waals surface area contributed by atoms with E-state index in [1.165, 1.54) is 13.3 Å². The van der Waals surface area contributed by atoms with Gasteiger partial charge in [0, 0.05) is 24.7 Å². The molecule has 0 saturated carbocycles. The van der Waals surface area contributed by atoms with E-state index >= 15 is 0 Å². The average Bonchev–Trinajstić information content (AvgIpc) is 2.38. The van der Waals surface area contributed by atoms with Gasteiger partial charge < -0.3 is 14.8 Å². The Morgan fingerprint density at radius 1 is 1.56 bits per heavy atom. The SMILES string of the molecule is COCC(Br)CCNC(=O)c1ccncc1OC. The molecule has 1 unspecified atom stereocenters. The summed E-state index contributed by atoms with van der Waals surface area (Å²) >= 11 is 3.46. The van der Waals surface area contributed by atoms with Crippen LogP contribution in [0.3, 0.4) is 0 Å². The maximum atomic E-state index is 11.9. The van der Waals surface area contributed by atoms with Crippen LogP contribution in [0.25, 0.3) is 0 Å². The quantitative estimate of drug-likeness (QED) is 0.777. The number of hydrogen-bond donors (Lipinski definition) is 1. The molecule has 1 N–H and O–H groups in total. The zero-order valence-corrected chi connectivity index (χ0v) is 12.1. The van der Waals surface area contributed by atoms with E-state index in [2.05, 4.69) is 26.2 Å². The zero-order valence-electron chi connectivity index (χ0n) is 10.5. The summed E-state index contributed by atoms with van der Waals surface area (Å²) in [6.45, 7) is 1.19. The fourth-order valence-electron chi connectivity index (χ4n) is 1.43. The van der Waals surface area contributed by atoms with Gasteiger partial charge in [0.15, 0.2) is 0 Å². The molecule has 1 aromatic rings. The molecule has 1 heterocycles. The maximum absolute atomic E-state index is 11.9. The van der Waals surface area contributed by atoms with Crippen LogP contribution in [-0.4, -0.2) is 43.1 Å². The molecule has 0 aromatic carbocycles. The smallest absolute Gasteiger partial charge is 0.255 e. The number of carbonyl (C=O) groups excluding carboxylic acids is 1. The van der Waals surface area contributed by atoms with Crippen molar-refractivity contribution >= 4 is 21.8 Å². The van der Waals surface area contributed by atoms with E-state index in [0.717, 1.165) is 6.42 Å². The van der Waals surface area contributed by atoms with E-state index in [1.54, 1.807) is 19.4 Å². The first-order valence-corrected chi connectivity index (χ1v) is 6.49. The van der Waals surface area contributed by atoms with Gasteiger partial charge in [-0.25, -0.2) is 0 Å². The van der Waals surface area contributed by atoms with Gasteiger partial charge in [-0.3, -0.25) is 9.78 Å². The lowest BCUT2D eigenvalue weighted by Gasteiger charge is -2.11. The Morgan fingerprint density at radius 2 is 2.33 bits per heavy atom. The van der Waals surface area contributed by atoms with Gasteiger partial charge in [0.05, 0.1) is 25.5 Å². The topological polar surface area (TPSA) is 60.5 Å². The van der Waals surface area contributed by atoms with E-state index < -0.39 is 0 Å². The van der Waals surface area contributed by atoms with Crippen molar-refractivity contribution in [3.8, 4) is 5.75 Å². The number of carbonyl (C=O) groups is 1. The number of amides is 1. The van der Waals surface area contributed by atoms with E-state index in [0.29, 0.717) is 24.5 Å². The lowest BCUT2D eigenvalue weighted by Crippen LogP contribution is -2.27. The molecular formula is C12H17BrN2O3. The van der Waals surface area contributed by atoms with Crippen LogP contribution in [0.5, 0.6) is 5.75 Å². The highest BCUT2D eigenvalue weighted by molar-refractivity contribution is 9.09. The molecule has 0 saturated heterocycles. The first-order valence-electron chi connectivity index (χ1n) is 5.58. The molecule has 6 heteroatoms. The van der Waals surface area contributed by atoms with Crippen LogP contribution in [0.4, 0.5) is 0 Å². The van der Waals surface area contributed by atoms with Crippen molar-refractivity contribution in [2.24, 2.45) is 0 Å². The summed E-state index contributed by atoms with van der Waals surface area (Å²) in [5.41, 5.74) is 0.491. The summed E-state index contributed by atoms with van der Waals surface area (Å²) < 4.78 is 10.1. The highest BCUT2D eigenvalue weighted by Gasteiger charge is 2.12. The number of aromatic nitrogens is 1. The first-order chi connectivity index (χ1) is 8.69. The van der Waals surface area contributed by atoms with Crippen molar-refractivity contribution in [2.45, 2.75) is 11.2 Å². The molecule has 1 aromatic heterocycles. The van der Waals surface area contributed by atoms with Crippen LogP contribution in [-0.2, 0) is 4.74 Å². The van der Waals surface area contributed by atoms with Gasteiger partial charge in [-0.05, 0) is 12.5 Å². The molecule has 0 aliphatic heterocycles. The van der Waals surface area contributed by atoms with Gasteiger partial charge in [0.1, 0.15) is 5.75 Å². The Kier molecular flexibility index (Phi) is 6.67. The standard InChI is InChI=1S/C12H17BrN2O3/c1-17-8-9(13)3-6-15-12(16)10-4-5-14-7-11(10)18-2/h4-5,7,9H,3,6,8H2,1-2H3,(H,15,16). The number of ether oxygens (including phenoxy) is 2. The largest absolute Gasteiger partial charge is 0.494 e. The van der Waals surface area contributed by atoms with E-state index in [9.17, 15) is 4.79 Å². The summed E-state index contributed by atoms with van der Waals surface area (Å²) in [6.07, 6.45) is 3.88. The second-order valence-corrected chi connectivity index (χ2v) is 4.97. The summed E-state index contributed by atoms with van der Waals surface area (Å²) in [5, 5.41) is 2.83. The first kappa shape index (κ1) is 14.9. The molecule has 1 atom stereocenters. The fourth-order valence-corrected chi connectivity index (χ4v) is 1.93. The average molecular weight is 317 g/mol. The minimum Gasteiger partial charge on any atom is -0.494 e. The molecular weight excluding hydrogens is 300 g/mol. The van der Waals surface area contributed by atoms with Gasteiger partial charge in [-0.2, -0.15) is 0 Å². The summed E-state index contributed by atoms with van der Waals surface area (Å²) in [4.78, 5) is 16.0. The third-order valence-corrected chi connectivity index (χ3v) is 3.06. The van der Waals surface area contributed by atoms with Crippen molar-refractivity contribution in [2.75, 3.05) is 27.4 Å². The van der Waals surface area contributed by atoms with Crippen LogP contribution >= 0.6 is 15.9 Å². The van der Waals surface area contributed by atoms with Crippen molar-refractivity contribution < 1.29 is 14.3 Å². The van der Waals surface area contributed by atoms with Gasteiger partial charge >= 0.3 is 0 Å². The third kappa shape index (κ3) is 4.62. The van der Waals surface area contributed by atoms with Gasteiger partial charge in [-0.15, -0.1) is 0 Å². The molecule has 0 bridgehead atoms. The number of halogens is 1. The third-order valence-electron chi connectivity index (χ3n) is 2.34. The second kappa shape index (κ2) is 8.05. The molecule has 18 heavy (non-hydrogen) atoms. The van der Waals surface area contributed by atoms with Gasteiger partial charge in [0.25, 0.3) is 5.91 Å². The number of pyridine rings is 1. The minimum atomic E-state index is -0.161. The van der Waals surface area contributed by atoms with Gasteiger partial charge in [0.2, 0.25) is 0 Å². The normalized spacial score (nSPS) is 11.9. The van der Waals surface area contributed by atoms with Crippen LogP contribution in [0.2, 0.25) is 0 Å². The molecule has 5 nitrogen and oxygen atoms in total. The Labute approximate surface area is 115 Å². The molecule has 0 aliphatic carbocycles. The number of hydrogen-bond acceptors (Lipinski definition) is 4. The Balaban J connectivity index is 2.45. The lowest BCUT2D eigenvalue weighted by molar-refractivity contribution is 0.0948. The molecule has 0 fully saturated rings. The van der Waals surface area contributed by atoms with Crippen LogP contribution in [0, 0.1) is 0 Å². The van der Waals surface area contributed by atoms with Crippen LogP contribution in [0.1, 0.15) is 16.8 Å². The monoisotopic (exact) mass is 316 g/mol. The number of alkyl halides is 1. The lowest BCUT2D eigenvalue weighted by atomic mass is 10.2. The number of nitrogens with one attached hydrogen (secondary N) is 1. The number of nitrogens with zero attached hydrogens (tertiary/aromatic N) is 1. The molecule has 100 valence electrons. The Bertz CT molecular complexity index is 387. The molecule has 1 amide bonds.